The predicted octanol–water partition coefficient (Wildman–Crippen LogP) is 3.79. The largest absolute Gasteiger partial charge is 0.489 e. The molecule has 30 heavy (non-hydrogen) atoms. The lowest BCUT2D eigenvalue weighted by Gasteiger charge is -2.63. The molecule has 1 N–H and O–H groups in total. The van der Waals surface area contributed by atoms with E-state index in [1.807, 2.05) is 32.9 Å². The van der Waals surface area contributed by atoms with E-state index >= 15 is 0 Å². The molecule has 0 atom stereocenters. The van der Waals surface area contributed by atoms with E-state index in [9.17, 15) is 4.79 Å². The number of hydrogen-bond acceptors (Lipinski definition) is 6. The van der Waals surface area contributed by atoms with E-state index < -0.39 is 0 Å². The van der Waals surface area contributed by atoms with Gasteiger partial charge in [-0.3, -0.25) is 4.79 Å². The molecule has 0 spiro atoms. The molecule has 0 radical (unpaired) electrons. The van der Waals surface area contributed by atoms with Crippen molar-refractivity contribution in [2.75, 3.05) is 0 Å². The molecule has 1 aromatic carbocycles. The van der Waals surface area contributed by atoms with E-state index in [1.165, 1.54) is 6.20 Å². The Morgan fingerprint density at radius 1 is 1.20 bits per heavy atom. The third-order valence-corrected chi connectivity index (χ3v) is 6.02. The van der Waals surface area contributed by atoms with Crippen molar-refractivity contribution < 1.29 is 9.53 Å². The van der Waals surface area contributed by atoms with Gasteiger partial charge in [0.15, 0.2) is 11.5 Å². The Kier molecular flexibility index (Phi) is 5.55. The second-order valence-electron chi connectivity index (χ2n) is 9.49. The van der Waals surface area contributed by atoms with Gasteiger partial charge in [0.25, 0.3) is 5.91 Å². The molecule has 1 heterocycles. The number of nitrogens with one attached hydrogen (secondary N) is 1. The summed E-state index contributed by atoms with van der Waals surface area (Å²) >= 11 is 0. The number of rotatable bonds is 5. The standard InChI is InChI=1S/C23H29N5O2/c1-13(2)18-25-12-17(27-28-18)19(29)26-20-22(4,5)21(23(20,6)7)30-16-9-8-15(11-24)14(3)10-16/h8-10,12-13,20-21H,1-7H3,(H,26,29). The normalized spacial score (nSPS) is 21.4. The minimum Gasteiger partial charge on any atom is -0.489 e. The molecule has 2 aromatic rings. The minimum atomic E-state index is -0.306. The molecule has 0 saturated heterocycles. The number of ether oxygens (including phenoxy) is 1. The lowest BCUT2D eigenvalue weighted by molar-refractivity contribution is -0.164. The highest BCUT2D eigenvalue weighted by Crippen LogP contribution is 2.55. The number of benzene rings is 1. The first kappa shape index (κ1) is 21.7. The van der Waals surface area contributed by atoms with Gasteiger partial charge in [-0.1, -0.05) is 41.5 Å². The van der Waals surface area contributed by atoms with Crippen molar-refractivity contribution in [1.82, 2.24) is 20.5 Å². The van der Waals surface area contributed by atoms with Crippen LogP contribution in [0.1, 0.15) is 74.9 Å². The van der Waals surface area contributed by atoms with E-state index in [0.29, 0.717) is 11.4 Å². The van der Waals surface area contributed by atoms with E-state index in [1.54, 1.807) is 6.07 Å². The van der Waals surface area contributed by atoms with Gasteiger partial charge in [-0.05, 0) is 30.7 Å². The Balaban J connectivity index is 1.74. The van der Waals surface area contributed by atoms with Crippen molar-refractivity contribution in [3.05, 3.63) is 47.0 Å². The lowest BCUT2D eigenvalue weighted by Crippen LogP contribution is -2.74. The van der Waals surface area contributed by atoms with Crippen molar-refractivity contribution in [3.8, 4) is 11.8 Å². The number of nitriles is 1. The molecule has 1 aliphatic rings. The van der Waals surface area contributed by atoms with E-state index in [0.717, 1.165) is 11.3 Å². The molecule has 1 saturated carbocycles. The molecule has 1 amide bonds. The molecule has 7 heteroatoms. The zero-order valence-corrected chi connectivity index (χ0v) is 18.6. The van der Waals surface area contributed by atoms with Crippen LogP contribution >= 0.6 is 0 Å². The van der Waals surface area contributed by atoms with Crippen molar-refractivity contribution in [2.24, 2.45) is 10.8 Å². The van der Waals surface area contributed by atoms with Gasteiger partial charge in [0.2, 0.25) is 0 Å². The summed E-state index contributed by atoms with van der Waals surface area (Å²) < 4.78 is 6.32. The molecule has 1 fully saturated rings. The van der Waals surface area contributed by atoms with E-state index in [2.05, 4.69) is 54.3 Å². The molecular formula is C23H29N5O2. The van der Waals surface area contributed by atoms with Crippen LogP contribution in [-0.2, 0) is 0 Å². The average Bonchev–Trinajstić information content (AvgIpc) is 2.69. The Morgan fingerprint density at radius 3 is 2.37 bits per heavy atom. The van der Waals surface area contributed by atoms with Gasteiger partial charge >= 0.3 is 0 Å². The number of aromatic nitrogens is 3. The topological polar surface area (TPSA) is 101 Å². The van der Waals surface area contributed by atoms with Crippen LogP contribution < -0.4 is 10.1 Å². The zero-order chi connectivity index (χ0) is 22.3. The number of nitrogens with zero attached hydrogens (tertiary/aromatic N) is 4. The van der Waals surface area contributed by atoms with Crippen molar-refractivity contribution in [1.29, 1.82) is 5.26 Å². The highest BCUT2D eigenvalue weighted by atomic mass is 16.5. The summed E-state index contributed by atoms with van der Waals surface area (Å²) in [6.45, 7) is 14.2. The first-order valence-corrected chi connectivity index (χ1v) is 10.2. The van der Waals surface area contributed by atoms with Crippen LogP contribution in [0, 0.1) is 29.1 Å². The monoisotopic (exact) mass is 407 g/mol. The van der Waals surface area contributed by atoms with Crippen LogP contribution in [0.4, 0.5) is 0 Å². The summed E-state index contributed by atoms with van der Waals surface area (Å²) in [6.07, 6.45) is 1.36. The Hall–Kier alpha value is -3.01. The van der Waals surface area contributed by atoms with Crippen LogP contribution in [-0.4, -0.2) is 33.2 Å². The molecule has 0 aliphatic heterocycles. The van der Waals surface area contributed by atoms with Crippen molar-refractivity contribution in [2.45, 2.75) is 66.5 Å². The molecule has 0 unspecified atom stereocenters. The van der Waals surface area contributed by atoms with Crippen LogP contribution in [0.25, 0.3) is 0 Å². The highest BCUT2D eigenvalue weighted by molar-refractivity contribution is 5.92. The smallest absolute Gasteiger partial charge is 0.273 e. The summed E-state index contributed by atoms with van der Waals surface area (Å²) in [5.41, 5.74) is 1.11. The van der Waals surface area contributed by atoms with Gasteiger partial charge < -0.3 is 10.1 Å². The quantitative estimate of drug-likeness (QED) is 0.809. The van der Waals surface area contributed by atoms with Gasteiger partial charge in [-0.2, -0.15) is 5.26 Å². The van der Waals surface area contributed by atoms with Crippen molar-refractivity contribution >= 4 is 5.91 Å². The average molecular weight is 408 g/mol. The number of carbonyl (C=O) groups excluding carboxylic acids is 1. The fourth-order valence-electron chi connectivity index (χ4n) is 4.63. The third-order valence-electron chi connectivity index (χ3n) is 6.02. The summed E-state index contributed by atoms with van der Waals surface area (Å²) in [5.74, 6) is 1.20. The minimum absolute atomic E-state index is 0.116. The third kappa shape index (κ3) is 3.74. The lowest BCUT2D eigenvalue weighted by atomic mass is 9.49. The van der Waals surface area contributed by atoms with E-state index in [4.69, 9.17) is 10.00 Å². The van der Waals surface area contributed by atoms with Gasteiger partial charge in [-0.25, -0.2) is 4.98 Å². The second kappa shape index (κ2) is 7.67. The summed E-state index contributed by atoms with van der Waals surface area (Å²) in [6, 6.07) is 7.53. The van der Waals surface area contributed by atoms with Crippen LogP contribution in [0.5, 0.6) is 5.75 Å². The maximum absolute atomic E-state index is 12.8. The molecule has 3 rings (SSSR count). The van der Waals surface area contributed by atoms with Gasteiger partial charge in [0, 0.05) is 22.8 Å². The number of carbonyl (C=O) groups is 1. The fraction of sp³-hybridized carbons (Fsp3) is 0.522. The molecule has 0 bridgehead atoms. The van der Waals surface area contributed by atoms with Crippen LogP contribution in [0.3, 0.4) is 0 Å². The van der Waals surface area contributed by atoms with Crippen LogP contribution in [0.2, 0.25) is 0 Å². The fourth-order valence-corrected chi connectivity index (χ4v) is 4.63. The number of hydrogen-bond donors (Lipinski definition) is 1. The summed E-state index contributed by atoms with van der Waals surface area (Å²) in [5, 5.41) is 20.3. The Morgan fingerprint density at radius 2 is 1.87 bits per heavy atom. The maximum Gasteiger partial charge on any atom is 0.273 e. The van der Waals surface area contributed by atoms with Crippen molar-refractivity contribution in [3.63, 3.8) is 0 Å². The Labute approximate surface area is 177 Å². The second-order valence-corrected chi connectivity index (χ2v) is 9.49. The van der Waals surface area contributed by atoms with Gasteiger partial charge in [0.1, 0.15) is 11.9 Å². The van der Waals surface area contributed by atoms with Gasteiger partial charge in [0.05, 0.1) is 17.8 Å². The molecule has 1 aliphatic carbocycles. The highest BCUT2D eigenvalue weighted by Gasteiger charge is 2.64. The molecule has 7 nitrogen and oxygen atoms in total. The SMILES string of the molecule is Cc1cc(OC2C(C)(C)C(NC(=O)c3cnc(C(C)C)nn3)C2(C)C)ccc1C#N. The number of aryl methyl sites for hydroxylation is 1. The molecule has 1 aromatic heterocycles. The number of amides is 1. The predicted molar refractivity (Wildman–Crippen MR) is 113 cm³/mol. The van der Waals surface area contributed by atoms with E-state index in [-0.39, 0.29) is 40.5 Å². The molecule has 158 valence electrons. The maximum atomic E-state index is 12.8. The summed E-state index contributed by atoms with van der Waals surface area (Å²) in [4.78, 5) is 17.0. The zero-order valence-electron chi connectivity index (χ0n) is 18.6. The summed E-state index contributed by atoms with van der Waals surface area (Å²) in [7, 11) is 0. The first-order chi connectivity index (χ1) is 14.0. The Bertz CT molecular complexity index is 974. The van der Waals surface area contributed by atoms with Gasteiger partial charge in [-0.15, -0.1) is 10.2 Å². The van der Waals surface area contributed by atoms with Crippen LogP contribution in [0.15, 0.2) is 24.4 Å². The molecular weight excluding hydrogens is 378 g/mol. The first-order valence-electron chi connectivity index (χ1n) is 10.2.